The minimum atomic E-state index is -0.284. The van der Waals surface area contributed by atoms with Crippen molar-refractivity contribution in [2.75, 3.05) is 0 Å². The lowest BCUT2D eigenvalue weighted by molar-refractivity contribution is 0.243. The summed E-state index contributed by atoms with van der Waals surface area (Å²) in [4.78, 5) is 0. The Morgan fingerprint density at radius 2 is 2.25 bits per heavy atom. The van der Waals surface area contributed by atoms with Crippen molar-refractivity contribution in [2.24, 2.45) is 17.8 Å². The number of fused-ring (bicyclic) bond motifs is 2. The fraction of sp³-hybridized carbons (Fsp3) is 0.636. The molecule has 0 heterocycles. The average Bonchev–Trinajstić information content (AvgIpc) is 2.60. The molecule has 0 saturated heterocycles. The highest BCUT2D eigenvalue weighted by Gasteiger charge is 2.33. The predicted octanol–water partition coefficient (Wildman–Crippen LogP) is 2.14. The first-order chi connectivity index (χ1) is 5.75. The molecule has 4 atom stereocenters. The third-order valence-electron chi connectivity index (χ3n) is 2.97. The second kappa shape index (κ2) is 3.06. The fourth-order valence-corrected chi connectivity index (χ4v) is 2.35. The van der Waals surface area contributed by atoms with Crippen molar-refractivity contribution in [1.29, 1.82) is 0 Å². The molecule has 0 amide bonds. The van der Waals surface area contributed by atoms with Crippen LogP contribution in [0.1, 0.15) is 19.8 Å². The molecular weight excluding hydrogens is 148 g/mol. The third-order valence-corrected chi connectivity index (χ3v) is 2.97. The Bertz CT molecular complexity index is 215. The van der Waals surface area contributed by atoms with Crippen molar-refractivity contribution in [2.45, 2.75) is 25.9 Å². The Morgan fingerprint density at radius 3 is 2.75 bits per heavy atom. The largest absolute Gasteiger partial charge is 0.389 e. The first-order valence-corrected chi connectivity index (χ1v) is 4.80. The molecule has 1 N–H and O–H groups in total. The minimum Gasteiger partial charge on any atom is -0.389 e. The Balaban J connectivity index is 1.95. The number of rotatable bonds is 2. The van der Waals surface area contributed by atoms with Gasteiger partial charge in [-0.15, -0.1) is 0 Å². The van der Waals surface area contributed by atoms with Gasteiger partial charge in [0.1, 0.15) is 0 Å². The molecule has 1 fully saturated rings. The quantitative estimate of drug-likeness (QED) is 0.620. The van der Waals surface area contributed by atoms with Crippen LogP contribution in [-0.4, -0.2) is 11.2 Å². The van der Waals surface area contributed by atoms with E-state index in [2.05, 4.69) is 18.2 Å². The summed E-state index contributed by atoms with van der Waals surface area (Å²) in [7, 11) is 0. The van der Waals surface area contributed by atoms with Gasteiger partial charge in [-0.2, -0.15) is 0 Å². The summed E-state index contributed by atoms with van der Waals surface area (Å²) < 4.78 is 0. The first-order valence-electron chi connectivity index (χ1n) is 4.80. The predicted molar refractivity (Wildman–Crippen MR) is 49.7 cm³/mol. The van der Waals surface area contributed by atoms with Crippen molar-refractivity contribution in [1.82, 2.24) is 0 Å². The maximum Gasteiger partial charge on any atom is 0.0692 e. The second-order valence-corrected chi connectivity index (χ2v) is 4.07. The molecule has 1 nitrogen and oxygen atoms in total. The van der Waals surface area contributed by atoms with E-state index in [-0.39, 0.29) is 6.10 Å². The monoisotopic (exact) mass is 164 g/mol. The van der Waals surface area contributed by atoms with Crippen LogP contribution in [0.15, 0.2) is 24.3 Å². The van der Waals surface area contributed by atoms with E-state index in [1.807, 2.05) is 6.08 Å². The molecule has 66 valence electrons. The van der Waals surface area contributed by atoms with Crippen molar-refractivity contribution in [3.8, 4) is 0 Å². The Hall–Kier alpha value is -0.560. The van der Waals surface area contributed by atoms with E-state index in [1.54, 1.807) is 6.92 Å². The summed E-state index contributed by atoms with van der Waals surface area (Å²) >= 11 is 0. The van der Waals surface area contributed by atoms with Crippen LogP contribution in [0, 0.1) is 17.8 Å². The molecule has 0 aliphatic heterocycles. The molecule has 0 aromatic heterocycles. The van der Waals surface area contributed by atoms with Crippen molar-refractivity contribution < 1.29 is 5.11 Å². The number of aliphatic hydroxyl groups excluding tert-OH is 1. The molecule has 0 aromatic rings. The average molecular weight is 164 g/mol. The van der Waals surface area contributed by atoms with Gasteiger partial charge in [0, 0.05) is 0 Å². The normalized spacial score (nSPS) is 41.3. The second-order valence-electron chi connectivity index (χ2n) is 4.07. The molecular formula is C11H16O. The molecule has 1 heteroatoms. The van der Waals surface area contributed by atoms with Gasteiger partial charge in [0.05, 0.1) is 6.10 Å². The first kappa shape index (κ1) is 8.06. The molecule has 0 radical (unpaired) electrons. The van der Waals surface area contributed by atoms with E-state index in [0.29, 0.717) is 5.92 Å². The van der Waals surface area contributed by atoms with Gasteiger partial charge < -0.3 is 5.11 Å². The molecule has 2 rings (SSSR count). The zero-order valence-electron chi connectivity index (χ0n) is 7.48. The van der Waals surface area contributed by atoms with Crippen LogP contribution in [0.5, 0.6) is 0 Å². The topological polar surface area (TPSA) is 20.2 Å². The molecule has 2 aliphatic rings. The van der Waals surface area contributed by atoms with Crippen molar-refractivity contribution in [3.63, 3.8) is 0 Å². The number of hydrogen-bond donors (Lipinski definition) is 1. The van der Waals surface area contributed by atoms with Crippen LogP contribution in [0.3, 0.4) is 0 Å². The van der Waals surface area contributed by atoms with Gasteiger partial charge in [0.25, 0.3) is 0 Å². The summed E-state index contributed by atoms with van der Waals surface area (Å²) in [5.41, 5.74) is 0. The van der Waals surface area contributed by atoms with Crippen LogP contribution >= 0.6 is 0 Å². The Labute approximate surface area is 73.8 Å². The molecule has 0 spiro atoms. The van der Waals surface area contributed by atoms with Crippen molar-refractivity contribution >= 4 is 0 Å². The van der Waals surface area contributed by atoms with Gasteiger partial charge in [0.2, 0.25) is 0 Å². The van der Waals surface area contributed by atoms with Gasteiger partial charge in [0.15, 0.2) is 0 Å². The van der Waals surface area contributed by atoms with Crippen LogP contribution in [0.4, 0.5) is 0 Å². The molecule has 12 heavy (non-hydrogen) atoms. The SMILES string of the molecule is CC(O)/C=C/C1CC2C=CC1C2. The van der Waals surface area contributed by atoms with Gasteiger partial charge >= 0.3 is 0 Å². The summed E-state index contributed by atoms with van der Waals surface area (Å²) in [6, 6.07) is 0. The fourth-order valence-electron chi connectivity index (χ4n) is 2.35. The molecule has 0 aromatic carbocycles. The van der Waals surface area contributed by atoms with Gasteiger partial charge in [-0.05, 0) is 37.5 Å². The van der Waals surface area contributed by atoms with Crippen LogP contribution in [0.25, 0.3) is 0 Å². The third kappa shape index (κ3) is 1.46. The summed E-state index contributed by atoms with van der Waals surface area (Å²) in [6.45, 7) is 1.81. The maximum absolute atomic E-state index is 9.08. The standard InChI is InChI=1S/C11H16O/c1-8(12)2-4-10-6-9-3-5-11(10)7-9/h2-5,8-12H,6-7H2,1H3/b4-2+. The van der Waals surface area contributed by atoms with Gasteiger partial charge in [-0.3, -0.25) is 0 Å². The van der Waals surface area contributed by atoms with E-state index in [9.17, 15) is 0 Å². The molecule has 2 bridgehead atoms. The summed E-state index contributed by atoms with van der Waals surface area (Å²) in [5, 5.41) is 9.08. The molecule has 1 saturated carbocycles. The number of allylic oxidation sites excluding steroid dienone is 3. The van der Waals surface area contributed by atoms with Crippen LogP contribution in [0.2, 0.25) is 0 Å². The smallest absolute Gasteiger partial charge is 0.0692 e. The number of aliphatic hydroxyl groups is 1. The molecule has 2 aliphatic carbocycles. The lowest BCUT2D eigenvalue weighted by atomic mass is 9.93. The molecule has 4 unspecified atom stereocenters. The van der Waals surface area contributed by atoms with Crippen molar-refractivity contribution in [3.05, 3.63) is 24.3 Å². The highest BCUT2D eigenvalue weighted by atomic mass is 16.3. The highest BCUT2D eigenvalue weighted by Crippen LogP contribution is 2.43. The van der Waals surface area contributed by atoms with E-state index in [0.717, 1.165) is 11.8 Å². The summed E-state index contributed by atoms with van der Waals surface area (Å²) in [6.07, 6.45) is 11.1. The zero-order chi connectivity index (χ0) is 8.55. The van der Waals surface area contributed by atoms with Gasteiger partial charge in [-0.1, -0.05) is 24.3 Å². The van der Waals surface area contributed by atoms with Gasteiger partial charge in [-0.25, -0.2) is 0 Å². The van der Waals surface area contributed by atoms with E-state index < -0.39 is 0 Å². The van der Waals surface area contributed by atoms with Crippen LogP contribution in [-0.2, 0) is 0 Å². The maximum atomic E-state index is 9.08. The zero-order valence-corrected chi connectivity index (χ0v) is 7.48. The van der Waals surface area contributed by atoms with E-state index in [4.69, 9.17) is 5.11 Å². The lowest BCUT2D eigenvalue weighted by Crippen LogP contribution is -2.04. The Morgan fingerprint density at radius 1 is 1.42 bits per heavy atom. The minimum absolute atomic E-state index is 0.284. The van der Waals surface area contributed by atoms with E-state index >= 15 is 0 Å². The Kier molecular flexibility index (Phi) is 2.05. The lowest BCUT2D eigenvalue weighted by Gasteiger charge is -2.13. The number of hydrogen-bond acceptors (Lipinski definition) is 1. The van der Waals surface area contributed by atoms with Crippen LogP contribution < -0.4 is 0 Å². The summed E-state index contributed by atoms with van der Waals surface area (Å²) in [5.74, 6) is 2.30. The highest BCUT2D eigenvalue weighted by molar-refractivity contribution is 5.14. The van der Waals surface area contributed by atoms with E-state index in [1.165, 1.54) is 12.8 Å².